The first-order valence-corrected chi connectivity index (χ1v) is 5.37. The van der Waals surface area contributed by atoms with Crippen LogP contribution in [0.1, 0.15) is 6.92 Å². The molecule has 0 fully saturated rings. The minimum absolute atomic E-state index is 0.0905. The first-order valence-electron chi connectivity index (χ1n) is 5.37. The molecule has 1 aromatic carbocycles. The summed E-state index contributed by atoms with van der Waals surface area (Å²) in [7, 11) is 0. The molecule has 2 aromatic rings. The molecule has 0 aliphatic carbocycles. The van der Waals surface area contributed by atoms with Gasteiger partial charge in [-0.15, -0.1) is 0 Å². The van der Waals surface area contributed by atoms with Gasteiger partial charge in [0, 0.05) is 6.54 Å². The first kappa shape index (κ1) is 11.5. The summed E-state index contributed by atoms with van der Waals surface area (Å²) in [5, 5.41) is 3.00. The average molecular weight is 234 g/mol. The van der Waals surface area contributed by atoms with E-state index in [-0.39, 0.29) is 5.56 Å². The highest BCUT2D eigenvalue weighted by Crippen LogP contribution is 2.24. The van der Waals surface area contributed by atoms with Gasteiger partial charge in [-0.2, -0.15) is 0 Å². The molecular formula is C13H12F2N2. The number of halogens is 2. The second-order valence-corrected chi connectivity index (χ2v) is 3.54. The van der Waals surface area contributed by atoms with Crippen LogP contribution in [0.25, 0.3) is 11.3 Å². The molecule has 0 aliphatic heterocycles. The van der Waals surface area contributed by atoms with Gasteiger partial charge in [0.05, 0.1) is 11.3 Å². The summed E-state index contributed by atoms with van der Waals surface area (Å²) in [6, 6.07) is 8.84. The van der Waals surface area contributed by atoms with Gasteiger partial charge in [-0.1, -0.05) is 12.1 Å². The van der Waals surface area contributed by atoms with Crippen molar-refractivity contribution in [2.75, 3.05) is 11.9 Å². The number of hydrogen-bond acceptors (Lipinski definition) is 2. The Morgan fingerprint density at radius 1 is 1.06 bits per heavy atom. The van der Waals surface area contributed by atoms with Gasteiger partial charge in [0.2, 0.25) is 0 Å². The van der Waals surface area contributed by atoms with Crippen molar-refractivity contribution in [3.05, 3.63) is 48.0 Å². The Bertz CT molecular complexity index is 506. The summed E-state index contributed by atoms with van der Waals surface area (Å²) in [4.78, 5) is 4.16. The van der Waals surface area contributed by atoms with Crippen LogP contribution in [-0.2, 0) is 0 Å². The third-order valence-corrected chi connectivity index (χ3v) is 2.33. The maximum atomic E-state index is 13.6. The number of hydrogen-bond donors (Lipinski definition) is 1. The zero-order chi connectivity index (χ0) is 12.3. The quantitative estimate of drug-likeness (QED) is 0.879. The van der Waals surface area contributed by atoms with Gasteiger partial charge in [0.25, 0.3) is 0 Å². The van der Waals surface area contributed by atoms with Crippen molar-refractivity contribution in [2.45, 2.75) is 6.92 Å². The predicted molar refractivity (Wildman–Crippen MR) is 63.8 cm³/mol. The average Bonchev–Trinajstić information content (AvgIpc) is 2.30. The molecule has 2 nitrogen and oxygen atoms in total. The van der Waals surface area contributed by atoms with Gasteiger partial charge in [-0.25, -0.2) is 13.8 Å². The molecule has 0 atom stereocenters. The van der Waals surface area contributed by atoms with Crippen molar-refractivity contribution in [2.24, 2.45) is 0 Å². The number of nitrogens with zero attached hydrogens (tertiary/aromatic N) is 1. The molecule has 0 bridgehead atoms. The van der Waals surface area contributed by atoms with E-state index in [0.717, 1.165) is 0 Å². The normalized spacial score (nSPS) is 10.3. The monoisotopic (exact) mass is 234 g/mol. The number of pyridine rings is 1. The molecule has 4 heteroatoms. The maximum Gasteiger partial charge on any atom is 0.135 e. The van der Waals surface area contributed by atoms with Gasteiger partial charge >= 0.3 is 0 Å². The number of nitrogens with one attached hydrogen (secondary N) is 1. The molecule has 88 valence electrons. The Kier molecular flexibility index (Phi) is 3.32. The van der Waals surface area contributed by atoms with E-state index in [2.05, 4.69) is 10.3 Å². The first-order chi connectivity index (χ1) is 8.22. The molecule has 0 aliphatic rings. The van der Waals surface area contributed by atoms with Crippen molar-refractivity contribution in [1.29, 1.82) is 0 Å². The molecule has 2 rings (SSSR count). The van der Waals surface area contributed by atoms with E-state index in [1.807, 2.05) is 6.92 Å². The summed E-state index contributed by atoms with van der Waals surface area (Å²) < 4.78 is 27.1. The van der Waals surface area contributed by atoms with Crippen LogP contribution in [-0.4, -0.2) is 11.5 Å². The molecule has 0 radical (unpaired) electrons. The highest BCUT2D eigenvalue weighted by atomic mass is 19.1. The van der Waals surface area contributed by atoms with E-state index >= 15 is 0 Å². The number of aromatic nitrogens is 1. The zero-order valence-corrected chi connectivity index (χ0v) is 9.37. The van der Waals surface area contributed by atoms with Gasteiger partial charge in [-0.05, 0) is 31.2 Å². The molecule has 17 heavy (non-hydrogen) atoms. The van der Waals surface area contributed by atoms with E-state index in [0.29, 0.717) is 18.1 Å². The number of rotatable bonds is 3. The van der Waals surface area contributed by atoms with Crippen molar-refractivity contribution in [1.82, 2.24) is 4.98 Å². The Balaban J connectivity index is 2.49. The zero-order valence-electron chi connectivity index (χ0n) is 9.37. The number of benzene rings is 1. The molecular weight excluding hydrogens is 222 g/mol. The summed E-state index contributed by atoms with van der Waals surface area (Å²) in [5.41, 5.74) is 0.200. The lowest BCUT2D eigenvalue weighted by molar-refractivity contribution is 0.588. The van der Waals surface area contributed by atoms with E-state index < -0.39 is 11.6 Å². The van der Waals surface area contributed by atoms with Crippen LogP contribution in [0.5, 0.6) is 0 Å². The minimum atomic E-state index is -0.605. The summed E-state index contributed by atoms with van der Waals surface area (Å²) in [5.74, 6) is -0.607. The van der Waals surface area contributed by atoms with E-state index in [1.165, 1.54) is 18.2 Å². The molecule has 0 amide bonds. The Labute approximate surface area is 98.3 Å². The van der Waals surface area contributed by atoms with Crippen molar-refractivity contribution in [3.8, 4) is 11.3 Å². The fourth-order valence-corrected chi connectivity index (χ4v) is 1.60. The largest absolute Gasteiger partial charge is 0.370 e. The van der Waals surface area contributed by atoms with Crippen LogP contribution in [0.4, 0.5) is 14.6 Å². The van der Waals surface area contributed by atoms with Crippen LogP contribution in [0, 0.1) is 11.6 Å². The summed E-state index contributed by atoms with van der Waals surface area (Å²) in [6.07, 6.45) is 0. The second kappa shape index (κ2) is 4.91. The third kappa shape index (κ3) is 2.41. The highest BCUT2D eigenvalue weighted by molar-refractivity contribution is 5.62. The highest BCUT2D eigenvalue weighted by Gasteiger charge is 2.12. The smallest absolute Gasteiger partial charge is 0.135 e. The van der Waals surface area contributed by atoms with Gasteiger partial charge in [0.15, 0.2) is 0 Å². The molecule has 0 spiro atoms. The van der Waals surface area contributed by atoms with Gasteiger partial charge < -0.3 is 5.32 Å². The lowest BCUT2D eigenvalue weighted by atomic mass is 10.1. The van der Waals surface area contributed by atoms with Crippen LogP contribution in [0.2, 0.25) is 0 Å². The second-order valence-electron chi connectivity index (χ2n) is 3.54. The summed E-state index contributed by atoms with van der Waals surface area (Å²) in [6.45, 7) is 2.63. The fourth-order valence-electron chi connectivity index (χ4n) is 1.60. The van der Waals surface area contributed by atoms with Gasteiger partial charge in [0.1, 0.15) is 17.5 Å². The van der Waals surface area contributed by atoms with E-state index in [4.69, 9.17) is 0 Å². The Hall–Kier alpha value is -1.97. The van der Waals surface area contributed by atoms with Crippen LogP contribution >= 0.6 is 0 Å². The molecule has 1 heterocycles. The van der Waals surface area contributed by atoms with Crippen molar-refractivity contribution < 1.29 is 8.78 Å². The molecule has 1 aromatic heterocycles. The standard InChI is InChI=1S/C13H12F2N2/c1-2-16-12-8-4-7-11(17-12)13-9(14)5-3-6-10(13)15/h3-8H,2H2,1H3,(H,16,17). The minimum Gasteiger partial charge on any atom is -0.370 e. The van der Waals surface area contributed by atoms with Crippen LogP contribution < -0.4 is 5.32 Å². The molecule has 0 unspecified atom stereocenters. The molecule has 0 saturated heterocycles. The van der Waals surface area contributed by atoms with Crippen molar-refractivity contribution >= 4 is 5.82 Å². The number of anilines is 1. The molecule has 1 N–H and O–H groups in total. The Morgan fingerprint density at radius 3 is 2.35 bits per heavy atom. The fraction of sp³-hybridized carbons (Fsp3) is 0.154. The van der Waals surface area contributed by atoms with Crippen molar-refractivity contribution in [3.63, 3.8) is 0 Å². The van der Waals surface area contributed by atoms with E-state index in [9.17, 15) is 8.78 Å². The SMILES string of the molecule is CCNc1cccc(-c2c(F)cccc2F)n1. The summed E-state index contributed by atoms with van der Waals surface area (Å²) >= 11 is 0. The van der Waals surface area contributed by atoms with E-state index in [1.54, 1.807) is 18.2 Å². The predicted octanol–water partition coefficient (Wildman–Crippen LogP) is 3.46. The van der Waals surface area contributed by atoms with Crippen LogP contribution in [0.3, 0.4) is 0 Å². The third-order valence-electron chi connectivity index (χ3n) is 2.33. The maximum absolute atomic E-state index is 13.6. The Morgan fingerprint density at radius 2 is 1.71 bits per heavy atom. The lowest BCUT2D eigenvalue weighted by Crippen LogP contribution is -2.00. The lowest BCUT2D eigenvalue weighted by Gasteiger charge is -2.07. The van der Waals surface area contributed by atoms with Gasteiger partial charge in [-0.3, -0.25) is 0 Å². The molecule has 0 saturated carbocycles. The van der Waals surface area contributed by atoms with Crippen LogP contribution in [0.15, 0.2) is 36.4 Å². The topological polar surface area (TPSA) is 24.9 Å².